The highest BCUT2D eigenvalue weighted by Gasteiger charge is 2.06. The molecule has 2 nitrogen and oxygen atoms in total. The monoisotopic (exact) mass is 303 g/mol. The predicted molar refractivity (Wildman–Crippen MR) is 72.8 cm³/mol. The molecule has 0 unspecified atom stereocenters. The van der Waals surface area contributed by atoms with Crippen LogP contribution < -0.4 is 10.5 Å². The van der Waals surface area contributed by atoms with Crippen LogP contribution in [0.25, 0.3) is 0 Å². The number of benzene rings is 1. The first-order valence-electron chi connectivity index (χ1n) is 6.02. The van der Waals surface area contributed by atoms with E-state index in [1.165, 1.54) is 25.3 Å². The fourth-order valence-electron chi connectivity index (χ4n) is 1.56. The highest BCUT2D eigenvalue weighted by molar-refractivity contribution is 9.10. The van der Waals surface area contributed by atoms with Crippen LogP contribution in [0.5, 0.6) is 5.75 Å². The molecule has 0 aliphatic heterocycles. The van der Waals surface area contributed by atoms with Gasteiger partial charge in [0.05, 0.1) is 16.8 Å². The van der Waals surface area contributed by atoms with Crippen LogP contribution in [0.1, 0.15) is 39.0 Å². The standard InChI is InChI=1S/C13H19BrFNO/c1-2-3-4-5-6-7-17-13-8-10(14)11(15)9-12(13)16/h8-9H,2-7,16H2,1H3. The zero-order chi connectivity index (χ0) is 12.7. The average Bonchev–Trinajstić information content (AvgIpc) is 2.30. The normalized spacial score (nSPS) is 10.5. The summed E-state index contributed by atoms with van der Waals surface area (Å²) >= 11 is 3.11. The molecule has 0 saturated carbocycles. The highest BCUT2D eigenvalue weighted by Crippen LogP contribution is 2.28. The van der Waals surface area contributed by atoms with Gasteiger partial charge in [0.15, 0.2) is 0 Å². The number of hydrogen-bond donors (Lipinski definition) is 1. The Kier molecular flexibility index (Phi) is 6.34. The highest BCUT2D eigenvalue weighted by atomic mass is 79.9. The fourth-order valence-corrected chi connectivity index (χ4v) is 1.88. The molecule has 0 aliphatic rings. The zero-order valence-corrected chi connectivity index (χ0v) is 11.7. The second-order valence-corrected chi connectivity index (χ2v) is 4.92. The fraction of sp³-hybridized carbons (Fsp3) is 0.538. The summed E-state index contributed by atoms with van der Waals surface area (Å²) in [5.41, 5.74) is 6.01. The van der Waals surface area contributed by atoms with Crippen LogP contribution in [0, 0.1) is 5.82 Å². The van der Waals surface area contributed by atoms with E-state index in [4.69, 9.17) is 10.5 Å². The number of hydrogen-bond acceptors (Lipinski definition) is 2. The lowest BCUT2D eigenvalue weighted by atomic mass is 10.2. The number of rotatable bonds is 7. The Morgan fingerprint density at radius 3 is 2.65 bits per heavy atom. The average molecular weight is 304 g/mol. The van der Waals surface area contributed by atoms with Crippen LogP contribution in [0.15, 0.2) is 16.6 Å². The first-order chi connectivity index (χ1) is 8.15. The molecule has 0 aliphatic carbocycles. The Balaban J connectivity index is 2.34. The molecule has 4 heteroatoms. The largest absolute Gasteiger partial charge is 0.491 e. The van der Waals surface area contributed by atoms with Crippen LogP contribution in [-0.4, -0.2) is 6.61 Å². The second kappa shape index (κ2) is 7.54. The summed E-state index contributed by atoms with van der Waals surface area (Å²) in [6, 6.07) is 2.85. The van der Waals surface area contributed by atoms with Crippen LogP contribution in [0.4, 0.5) is 10.1 Å². The predicted octanol–water partition coefficient (Wildman–Crippen LogP) is 4.52. The van der Waals surface area contributed by atoms with Crippen LogP contribution in [0.3, 0.4) is 0 Å². The summed E-state index contributed by atoms with van der Waals surface area (Å²) in [5, 5.41) is 0. The third-order valence-corrected chi connectivity index (χ3v) is 3.17. The second-order valence-electron chi connectivity index (χ2n) is 4.07. The minimum Gasteiger partial charge on any atom is -0.491 e. The molecule has 17 heavy (non-hydrogen) atoms. The lowest BCUT2D eigenvalue weighted by Gasteiger charge is -2.09. The number of halogens is 2. The van der Waals surface area contributed by atoms with E-state index in [0.29, 0.717) is 22.5 Å². The summed E-state index contributed by atoms with van der Waals surface area (Å²) < 4.78 is 19.0. The van der Waals surface area contributed by atoms with Crippen molar-refractivity contribution in [2.45, 2.75) is 39.0 Å². The molecule has 0 heterocycles. The Morgan fingerprint density at radius 1 is 1.24 bits per heavy atom. The third-order valence-electron chi connectivity index (χ3n) is 2.56. The molecule has 0 amide bonds. The number of ether oxygens (including phenoxy) is 1. The van der Waals surface area contributed by atoms with Crippen LogP contribution in [0.2, 0.25) is 0 Å². The summed E-state index contributed by atoms with van der Waals surface area (Å²) in [6.45, 7) is 2.82. The Morgan fingerprint density at radius 2 is 1.94 bits per heavy atom. The number of unbranched alkanes of at least 4 members (excludes halogenated alkanes) is 4. The van der Waals surface area contributed by atoms with Crippen molar-refractivity contribution in [1.82, 2.24) is 0 Å². The van der Waals surface area contributed by atoms with Crippen molar-refractivity contribution in [3.05, 3.63) is 22.4 Å². The third kappa shape index (κ3) is 4.94. The molecule has 96 valence electrons. The van der Waals surface area contributed by atoms with E-state index in [9.17, 15) is 4.39 Å². The quantitative estimate of drug-likeness (QED) is 0.594. The lowest BCUT2D eigenvalue weighted by Crippen LogP contribution is -2.01. The first kappa shape index (κ1) is 14.3. The van der Waals surface area contributed by atoms with Gasteiger partial charge in [0.1, 0.15) is 11.6 Å². The van der Waals surface area contributed by atoms with Gasteiger partial charge in [-0.15, -0.1) is 0 Å². The molecule has 1 aromatic carbocycles. The Hall–Kier alpha value is -0.770. The summed E-state index contributed by atoms with van der Waals surface area (Å²) in [6.07, 6.45) is 5.91. The molecule has 0 aromatic heterocycles. The van der Waals surface area contributed by atoms with Gasteiger partial charge in [-0.2, -0.15) is 0 Å². The lowest BCUT2D eigenvalue weighted by molar-refractivity contribution is 0.305. The summed E-state index contributed by atoms with van der Waals surface area (Å²) in [7, 11) is 0. The van der Waals surface area contributed by atoms with Gasteiger partial charge in [-0.25, -0.2) is 4.39 Å². The maximum Gasteiger partial charge on any atom is 0.143 e. The molecule has 0 radical (unpaired) electrons. The van der Waals surface area contributed by atoms with Gasteiger partial charge in [0.25, 0.3) is 0 Å². The van der Waals surface area contributed by atoms with Gasteiger partial charge in [0.2, 0.25) is 0 Å². The van der Waals surface area contributed by atoms with Crippen molar-refractivity contribution < 1.29 is 9.13 Å². The van der Waals surface area contributed by atoms with E-state index < -0.39 is 0 Å². The molecular formula is C13H19BrFNO. The number of nitrogens with two attached hydrogens (primary N) is 1. The minimum absolute atomic E-state index is 0.347. The van der Waals surface area contributed by atoms with E-state index in [0.717, 1.165) is 12.8 Å². The Labute approximate surface area is 110 Å². The minimum atomic E-state index is -0.363. The SMILES string of the molecule is CCCCCCCOc1cc(Br)c(F)cc1N. The van der Waals surface area contributed by atoms with E-state index in [1.54, 1.807) is 6.07 Å². The van der Waals surface area contributed by atoms with E-state index >= 15 is 0 Å². The van der Waals surface area contributed by atoms with Crippen molar-refractivity contribution in [2.75, 3.05) is 12.3 Å². The molecule has 2 N–H and O–H groups in total. The van der Waals surface area contributed by atoms with E-state index in [-0.39, 0.29) is 5.82 Å². The van der Waals surface area contributed by atoms with E-state index in [2.05, 4.69) is 22.9 Å². The molecule has 0 atom stereocenters. The maximum atomic E-state index is 13.1. The van der Waals surface area contributed by atoms with Crippen LogP contribution in [-0.2, 0) is 0 Å². The van der Waals surface area contributed by atoms with E-state index in [1.807, 2.05) is 0 Å². The molecular weight excluding hydrogens is 285 g/mol. The molecule has 0 fully saturated rings. The molecule has 0 spiro atoms. The summed E-state index contributed by atoms with van der Waals surface area (Å²) in [5.74, 6) is 0.187. The van der Waals surface area contributed by atoms with Gasteiger partial charge in [-0.1, -0.05) is 32.6 Å². The van der Waals surface area contributed by atoms with Gasteiger partial charge in [-0.05, 0) is 28.4 Å². The summed E-state index contributed by atoms with van der Waals surface area (Å²) in [4.78, 5) is 0. The smallest absolute Gasteiger partial charge is 0.143 e. The van der Waals surface area contributed by atoms with Crippen molar-refractivity contribution >= 4 is 21.6 Å². The topological polar surface area (TPSA) is 35.2 Å². The van der Waals surface area contributed by atoms with Gasteiger partial charge in [-0.3, -0.25) is 0 Å². The van der Waals surface area contributed by atoms with Crippen molar-refractivity contribution in [1.29, 1.82) is 0 Å². The van der Waals surface area contributed by atoms with Gasteiger partial charge < -0.3 is 10.5 Å². The first-order valence-corrected chi connectivity index (χ1v) is 6.81. The number of nitrogen functional groups attached to an aromatic ring is 1. The molecule has 1 aromatic rings. The van der Waals surface area contributed by atoms with Gasteiger partial charge in [0, 0.05) is 6.07 Å². The van der Waals surface area contributed by atoms with Crippen molar-refractivity contribution in [3.63, 3.8) is 0 Å². The van der Waals surface area contributed by atoms with Crippen molar-refractivity contribution in [3.8, 4) is 5.75 Å². The maximum absolute atomic E-state index is 13.1. The molecule has 1 rings (SSSR count). The Bertz CT molecular complexity index is 358. The van der Waals surface area contributed by atoms with Crippen LogP contribution >= 0.6 is 15.9 Å². The zero-order valence-electron chi connectivity index (χ0n) is 10.1. The van der Waals surface area contributed by atoms with Gasteiger partial charge >= 0.3 is 0 Å². The molecule has 0 saturated heterocycles. The number of anilines is 1. The van der Waals surface area contributed by atoms with Crippen molar-refractivity contribution in [2.24, 2.45) is 0 Å². The molecule has 0 bridgehead atoms.